The van der Waals surface area contributed by atoms with E-state index in [0.717, 1.165) is 28.1 Å². The summed E-state index contributed by atoms with van der Waals surface area (Å²) in [6.07, 6.45) is 1.70. The average Bonchev–Trinajstić information content (AvgIpc) is 3.23. The molecular weight excluding hydrogens is 330 g/mol. The molecule has 1 amide bonds. The van der Waals surface area contributed by atoms with Crippen LogP contribution in [0.4, 0.5) is 5.69 Å². The van der Waals surface area contributed by atoms with Crippen LogP contribution in [-0.4, -0.2) is 25.7 Å². The van der Waals surface area contributed by atoms with Crippen molar-refractivity contribution in [2.75, 3.05) is 24.7 Å². The maximum absolute atomic E-state index is 13.3. The van der Waals surface area contributed by atoms with E-state index >= 15 is 0 Å². The van der Waals surface area contributed by atoms with Crippen LogP contribution in [-0.2, 0) is 26.6 Å². The minimum atomic E-state index is -1.31. The Morgan fingerprint density at radius 1 is 1.19 bits per heavy atom. The first-order valence-electron chi connectivity index (χ1n) is 8.69. The number of nitrogens with zero attached hydrogens (tertiary/aromatic N) is 1. The molecule has 2 aliphatic heterocycles. The molecule has 0 N–H and O–H groups in total. The number of carbonyl (C=O) groups is 1. The second-order valence-electron chi connectivity index (χ2n) is 6.38. The molecule has 1 saturated heterocycles. The van der Waals surface area contributed by atoms with Gasteiger partial charge in [-0.1, -0.05) is 49.1 Å². The molecule has 5 nitrogen and oxygen atoms in total. The van der Waals surface area contributed by atoms with Crippen LogP contribution in [0.15, 0.2) is 55.1 Å². The van der Waals surface area contributed by atoms with Gasteiger partial charge in [-0.25, -0.2) is 0 Å². The van der Waals surface area contributed by atoms with Gasteiger partial charge in [0.05, 0.1) is 25.4 Å². The third-order valence-electron chi connectivity index (χ3n) is 4.74. The smallest absolute Gasteiger partial charge is 0.292 e. The number of benzene rings is 2. The SMILES string of the molecule is C=CCOc1ccccc1CN1C(=O)C2(OCCO2)c2cccc(C)c21. The van der Waals surface area contributed by atoms with Crippen molar-refractivity contribution >= 4 is 11.6 Å². The zero-order chi connectivity index (χ0) is 18.1. The van der Waals surface area contributed by atoms with Crippen molar-refractivity contribution < 1.29 is 19.0 Å². The summed E-state index contributed by atoms with van der Waals surface area (Å²) < 4.78 is 17.3. The highest BCUT2D eigenvalue weighted by Crippen LogP contribution is 2.47. The van der Waals surface area contributed by atoms with Gasteiger partial charge in [-0.2, -0.15) is 0 Å². The molecule has 1 spiro atoms. The van der Waals surface area contributed by atoms with Gasteiger partial charge < -0.3 is 19.1 Å². The zero-order valence-corrected chi connectivity index (χ0v) is 14.7. The molecule has 2 aromatic rings. The largest absolute Gasteiger partial charge is 0.489 e. The van der Waals surface area contributed by atoms with E-state index in [1.54, 1.807) is 11.0 Å². The van der Waals surface area contributed by atoms with Gasteiger partial charge in [0.25, 0.3) is 11.7 Å². The molecule has 0 atom stereocenters. The summed E-state index contributed by atoms with van der Waals surface area (Å²) in [5.74, 6) is -0.750. The molecule has 0 bridgehead atoms. The molecule has 1 fully saturated rings. The summed E-state index contributed by atoms with van der Waals surface area (Å²) in [5.41, 5.74) is 3.57. The predicted molar refractivity (Wildman–Crippen MR) is 98.1 cm³/mol. The van der Waals surface area contributed by atoms with Crippen LogP contribution in [0.2, 0.25) is 0 Å². The molecule has 2 heterocycles. The number of rotatable bonds is 5. The fourth-order valence-electron chi connectivity index (χ4n) is 3.61. The van der Waals surface area contributed by atoms with Crippen molar-refractivity contribution in [2.45, 2.75) is 19.3 Å². The minimum absolute atomic E-state index is 0.183. The van der Waals surface area contributed by atoms with Crippen molar-refractivity contribution in [3.8, 4) is 5.75 Å². The van der Waals surface area contributed by atoms with Crippen molar-refractivity contribution in [1.82, 2.24) is 0 Å². The fourth-order valence-corrected chi connectivity index (χ4v) is 3.61. The monoisotopic (exact) mass is 351 g/mol. The third kappa shape index (κ3) is 2.52. The van der Waals surface area contributed by atoms with E-state index in [1.807, 2.05) is 49.4 Å². The number of aryl methyl sites for hydroxylation is 1. The van der Waals surface area contributed by atoms with E-state index in [0.29, 0.717) is 26.4 Å². The van der Waals surface area contributed by atoms with Gasteiger partial charge in [0.2, 0.25) is 0 Å². The van der Waals surface area contributed by atoms with Crippen molar-refractivity contribution in [1.29, 1.82) is 0 Å². The third-order valence-corrected chi connectivity index (χ3v) is 4.74. The Morgan fingerprint density at radius 2 is 1.96 bits per heavy atom. The molecule has 134 valence electrons. The highest BCUT2D eigenvalue weighted by atomic mass is 16.7. The van der Waals surface area contributed by atoms with Crippen LogP contribution >= 0.6 is 0 Å². The average molecular weight is 351 g/mol. The Morgan fingerprint density at radius 3 is 2.73 bits per heavy atom. The first-order valence-corrected chi connectivity index (χ1v) is 8.69. The highest BCUT2D eigenvalue weighted by Gasteiger charge is 2.56. The molecule has 2 aliphatic rings. The molecule has 4 rings (SSSR count). The van der Waals surface area contributed by atoms with Gasteiger partial charge in [0, 0.05) is 11.1 Å². The van der Waals surface area contributed by atoms with E-state index in [-0.39, 0.29) is 5.91 Å². The number of amides is 1. The van der Waals surface area contributed by atoms with Crippen molar-refractivity contribution in [3.63, 3.8) is 0 Å². The minimum Gasteiger partial charge on any atom is -0.489 e. The second-order valence-corrected chi connectivity index (χ2v) is 6.38. The lowest BCUT2D eigenvalue weighted by Gasteiger charge is -2.23. The molecule has 5 heteroatoms. The summed E-state index contributed by atoms with van der Waals surface area (Å²) in [6.45, 7) is 7.30. The number of fused-ring (bicyclic) bond motifs is 2. The van der Waals surface area contributed by atoms with Gasteiger partial charge in [0.15, 0.2) is 0 Å². The Balaban J connectivity index is 1.75. The molecule has 0 saturated carbocycles. The first kappa shape index (κ1) is 16.8. The van der Waals surface area contributed by atoms with Gasteiger partial charge in [-0.3, -0.25) is 4.79 Å². The Bertz CT molecular complexity index is 855. The van der Waals surface area contributed by atoms with Gasteiger partial charge in [-0.05, 0) is 18.6 Å². The summed E-state index contributed by atoms with van der Waals surface area (Å²) in [4.78, 5) is 15.0. The van der Waals surface area contributed by atoms with Crippen LogP contribution in [0.3, 0.4) is 0 Å². The highest BCUT2D eigenvalue weighted by molar-refractivity contribution is 6.07. The Hall–Kier alpha value is -2.63. The summed E-state index contributed by atoms with van der Waals surface area (Å²) in [5, 5.41) is 0. The van der Waals surface area contributed by atoms with E-state index in [9.17, 15) is 4.79 Å². The predicted octanol–water partition coefficient (Wildman–Crippen LogP) is 3.31. The van der Waals surface area contributed by atoms with Crippen LogP contribution in [0.5, 0.6) is 5.75 Å². The van der Waals surface area contributed by atoms with Crippen molar-refractivity contribution in [3.05, 3.63) is 71.8 Å². The number of hydrogen-bond acceptors (Lipinski definition) is 4. The number of ether oxygens (including phenoxy) is 3. The van der Waals surface area contributed by atoms with Gasteiger partial charge >= 0.3 is 0 Å². The van der Waals surface area contributed by atoms with Crippen LogP contribution in [0.1, 0.15) is 16.7 Å². The normalized spacial score (nSPS) is 17.6. The summed E-state index contributed by atoms with van der Waals surface area (Å²) >= 11 is 0. The maximum Gasteiger partial charge on any atom is 0.292 e. The van der Waals surface area contributed by atoms with Gasteiger partial charge in [-0.15, -0.1) is 0 Å². The number of hydrogen-bond donors (Lipinski definition) is 0. The number of anilines is 1. The van der Waals surface area contributed by atoms with E-state index in [4.69, 9.17) is 14.2 Å². The van der Waals surface area contributed by atoms with Crippen LogP contribution in [0, 0.1) is 6.92 Å². The molecule has 26 heavy (non-hydrogen) atoms. The van der Waals surface area contributed by atoms with Crippen molar-refractivity contribution in [2.24, 2.45) is 0 Å². The molecule has 0 aromatic heterocycles. The number of carbonyl (C=O) groups excluding carboxylic acids is 1. The van der Waals surface area contributed by atoms with E-state index in [2.05, 4.69) is 6.58 Å². The standard InChI is InChI=1S/C21H21NO4/c1-3-11-24-18-10-5-4-8-16(18)14-22-19-15(2)7-6-9-17(19)21(20(22)23)25-12-13-26-21/h3-10H,1,11-14H2,2H3. The lowest BCUT2D eigenvalue weighted by atomic mass is 10.0. The van der Waals surface area contributed by atoms with E-state index in [1.165, 1.54) is 0 Å². The molecule has 0 unspecified atom stereocenters. The molecule has 0 radical (unpaired) electrons. The van der Waals surface area contributed by atoms with Gasteiger partial charge in [0.1, 0.15) is 12.4 Å². The van der Waals surface area contributed by atoms with E-state index < -0.39 is 5.79 Å². The molecule has 0 aliphatic carbocycles. The number of para-hydroxylation sites is 2. The second kappa shape index (κ2) is 6.59. The van der Waals surface area contributed by atoms with Crippen LogP contribution in [0.25, 0.3) is 0 Å². The Kier molecular flexibility index (Phi) is 4.26. The first-order chi connectivity index (χ1) is 12.7. The summed E-state index contributed by atoms with van der Waals surface area (Å²) in [6, 6.07) is 13.5. The molecule has 2 aromatic carbocycles. The Labute approximate surface area is 152 Å². The topological polar surface area (TPSA) is 48.0 Å². The summed E-state index contributed by atoms with van der Waals surface area (Å²) in [7, 11) is 0. The zero-order valence-electron chi connectivity index (χ0n) is 14.7. The fraction of sp³-hybridized carbons (Fsp3) is 0.286. The maximum atomic E-state index is 13.3. The van der Waals surface area contributed by atoms with Crippen LogP contribution < -0.4 is 9.64 Å². The quantitative estimate of drug-likeness (QED) is 0.776. The molecular formula is C21H21NO4. The lowest BCUT2D eigenvalue weighted by Crippen LogP contribution is -2.41. The lowest BCUT2D eigenvalue weighted by molar-refractivity contribution is -0.180.